The molecule has 2 N–H and O–H groups in total. The van der Waals surface area contributed by atoms with Gasteiger partial charge in [-0.1, -0.05) is 0 Å². The summed E-state index contributed by atoms with van der Waals surface area (Å²) in [6.07, 6.45) is 3.95. The van der Waals surface area contributed by atoms with Crippen molar-refractivity contribution in [1.82, 2.24) is 10.3 Å². The lowest BCUT2D eigenvalue weighted by molar-refractivity contribution is 0.0941. The highest BCUT2D eigenvalue weighted by molar-refractivity contribution is 7.13. The maximum atomic E-state index is 12.0. The molecule has 0 saturated heterocycles. The third-order valence-electron chi connectivity index (χ3n) is 3.53. The molecule has 0 aromatic carbocycles. The Hall–Kier alpha value is -1.66. The van der Waals surface area contributed by atoms with Gasteiger partial charge in [0.1, 0.15) is 5.69 Å². The van der Waals surface area contributed by atoms with E-state index in [2.05, 4.69) is 10.3 Å². The van der Waals surface area contributed by atoms with Gasteiger partial charge in [0.25, 0.3) is 5.91 Å². The van der Waals surface area contributed by atoms with Gasteiger partial charge in [-0.15, -0.1) is 11.3 Å². The zero-order valence-corrected chi connectivity index (χ0v) is 11.7. The minimum absolute atomic E-state index is 0.166. The number of furan rings is 1. The maximum Gasteiger partial charge on any atom is 0.270 e. The standard InChI is InChI=1S/C14H16N2O3S/c17-10-4-3-9(6-10)7-15-13(18)11-8-20-14(16-11)12-2-1-5-19-12/h1-2,5,8-10,17H,3-4,6-7H2,(H,15,18). The van der Waals surface area contributed by atoms with Crippen LogP contribution in [0, 0.1) is 5.92 Å². The Morgan fingerprint density at radius 3 is 3.15 bits per heavy atom. The van der Waals surface area contributed by atoms with E-state index in [4.69, 9.17) is 4.42 Å². The summed E-state index contributed by atoms with van der Waals surface area (Å²) in [6.45, 7) is 0.601. The van der Waals surface area contributed by atoms with Crippen LogP contribution in [0.4, 0.5) is 0 Å². The molecular weight excluding hydrogens is 276 g/mol. The van der Waals surface area contributed by atoms with Gasteiger partial charge in [0.05, 0.1) is 12.4 Å². The summed E-state index contributed by atoms with van der Waals surface area (Å²) < 4.78 is 5.25. The Kier molecular flexibility index (Phi) is 3.84. The Morgan fingerprint density at radius 1 is 1.55 bits per heavy atom. The monoisotopic (exact) mass is 292 g/mol. The fourth-order valence-electron chi connectivity index (χ4n) is 2.45. The average molecular weight is 292 g/mol. The molecule has 1 amide bonds. The van der Waals surface area contributed by atoms with E-state index in [1.54, 1.807) is 17.7 Å². The average Bonchev–Trinajstić information content (AvgIpc) is 3.16. The highest BCUT2D eigenvalue weighted by atomic mass is 32.1. The molecular formula is C14H16N2O3S. The quantitative estimate of drug-likeness (QED) is 0.906. The van der Waals surface area contributed by atoms with E-state index in [0.29, 0.717) is 28.9 Å². The molecule has 0 radical (unpaired) electrons. The number of thiazole rings is 1. The molecule has 2 unspecified atom stereocenters. The predicted molar refractivity (Wildman–Crippen MR) is 75.5 cm³/mol. The molecule has 1 saturated carbocycles. The van der Waals surface area contributed by atoms with Crippen LogP contribution in [0.5, 0.6) is 0 Å². The topological polar surface area (TPSA) is 75.4 Å². The molecule has 6 heteroatoms. The fraction of sp³-hybridized carbons (Fsp3) is 0.429. The zero-order chi connectivity index (χ0) is 13.9. The van der Waals surface area contributed by atoms with Crippen LogP contribution >= 0.6 is 11.3 Å². The smallest absolute Gasteiger partial charge is 0.270 e. The van der Waals surface area contributed by atoms with Crippen LogP contribution in [0.3, 0.4) is 0 Å². The van der Waals surface area contributed by atoms with Gasteiger partial charge in [0, 0.05) is 11.9 Å². The molecule has 5 nitrogen and oxygen atoms in total. The lowest BCUT2D eigenvalue weighted by atomic mass is 10.1. The molecule has 106 valence electrons. The third-order valence-corrected chi connectivity index (χ3v) is 4.39. The van der Waals surface area contributed by atoms with Gasteiger partial charge in [0.15, 0.2) is 10.8 Å². The van der Waals surface area contributed by atoms with E-state index in [9.17, 15) is 9.90 Å². The molecule has 0 spiro atoms. The van der Waals surface area contributed by atoms with Crippen molar-refractivity contribution >= 4 is 17.2 Å². The summed E-state index contributed by atoms with van der Waals surface area (Å²) in [6, 6.07) is 3.61. The lowest BCUT2D eigenvalue weighted by Gasteiger charge is -2.09. The van der Waals surface area contributed by atoms with Gasteiger partial charge in [-0.3, -0.25) is 4.79 Å². The summed E-state index contributed by atoms with van der Waals surface area (Å²) in [4.78, 5) is 16.3. The van der Waals surface area contributed by atoms with Crippen molar-refractivity contribution < 1.29 is 14.3 Å². The van der Waals surface area contributed by atoms with Gasteiger partial charge < -0.3 is 14.8 Å². The normalized spacial score (nSPS) is 22.1. The molecule has 1 fully saturated rings. The Labute approximate surface area is 120 Å². The molecule has 2 heterocycles. The van der Waals surface area contributed by atoms with Crippen molar-refractivity contribution in [3.05, 3.63) is 29.5 Å². The maximum absolute atomic E-state index is 12.0. The number of hydrogen-bond donors (Lipinski definition) is 2. The van der Waals surface area contributed by atoms with Crippen molar-refractivity contribution in [2.24, 2.45) is 5.92 Å². The molecule has 2 aromatic heterocycles. The number of rotatable bonds is 4. The summed E-state index contributed by atoms with van der Waals surface area (Å²) in [5.41, 5.74) is 0.417. The Balaban J connectivity index is 1.57. The summed E-state index contributed by atoms with van der Waals surface area (Å²) in [7, 11) is 0. The van der Waals surface area contributed by atoms with E-state index in [1.165, 1.54) is 11.3 Å². The molecule has 3 rings (SSSR count). The van der Waals surface area contributed by atoms with Crippen LogP contribution in [0.2, 0.25) is 0 Å². The number of aromatic nitrogens is 1. The predicted octanol–water partition coefficient (Wildman–Crippen LogP) is 2.29. The first-order valence-electron chi connectivity index (χ1n) is 6.68. The lowest BCUT2D eigenvalue weighted by Crippen LogP contribution is -2.28. The number of nitrogens with one attached hydrogen (secondary N) is 1. The molecule has 1 aliphatic carbocycles. The first kappa shape index (κ1) is 13.3. The van der Waals surface area contributed by atoms with Crippen molar-refractivity contribution in [1.29, 1.82) is 0 Å². The van der Waals surface area contributed by atoms with Crippen LogP contribution in [0.25, 0.3) is 10.8 Å². The number of hydrogen-bond acceptors (Lipinski definition) is 5. The highest BCUT2D eigenvalue weighted by Gasteiger charge is 2.23. The first-order chi connectivity index (χ1) is 9.72. The fourth-order valence-corrected chi connectivity index (χ4v) is 3.22. The summed E-state index contributed by atoms with van der Waals surface area (Å²) in [5, 5.41) is 14.8. The van der Waals surface area contributed by atoms with Crippen molar-refractivity contribution in [3.63, 3.8) is 0 Å². The molecule has 2 aromatic rings. The largest absolute Gasteiger partial charge is 0.462 e. The number of carbonyl (C=O) groups is 1. The van der Waals surface area contributed by atoms with Crippen molar-refractivity contribution in [3.8, 4) is 10.8 Å². The molecule has 20 heavy (non-hydrogen) atoms. The number of amides is 1. The van der Waals surface area contributed by atoms with Gasteiger partial charge in [-0.05, 0) is 37.3 Å². The number of aliphatic hydroxyl groups is 1. The van der Waals surface area contributed by atoms with Crippen molar-refractivity contribution in [2.45, 2.75) is 25.4 Å². The number of nitrogens with zero attached hydrogens (tertiary/aromatic N) is 1. The SMILES string of the molecule is O=C(NCC1CCC(O)C1)c1csc(-c2ccco2)n1. The van der Waals surface area contributed by atoms with Crippen LogP contribution in [-0.4, -0.2) is 28.6 Å². The second-order valence-corrected chi connectivity index (χ2v) is 5.92. The van der Waals surface area contributed by atoms with Crippen LogP contribution < -0.4 is 5.32 Å². The minimum Gasteiger partial charge on any atom is -0.462 e. The summed E-state index contributed by atoms with van der Waals surface area (Å²) >= 11 is 1.39. The Morgan fingerprint density at radius 2 is 2.45 bits per heavy atom. The molecule has 0 aliphatic heterocycles. The van der Waals surface area contributed by atoms with Crippen LogP contribution in [0.1, 0.15) is 29.8 Å². The second kappa shape index (κ2) is 5.76. The van der Waals surface area contributed by atoms with Crippen LogP contribution in [-0.2, 0) is 0 Å². The summed E-state index contributed by atoms with van der Waals surface area (Å²) in [5.74, 6) is 0.880. The Bertz CT molecular complexity index is 579. The van der Waals surface area contributed by atoms with Crippen LogP contribution in [0.15, 0.2) is 28.2 Å². The van der Waals surface area contributed by atoms with E-state index in [1.807, 2.05) is 6.07 Å². The molecule has 2 atom stereocenters. The third kappa shape index (κ3) is 2.91. The molecule has 1 aliphatic rings. The van der Waals surface area contributed by atoms with Gasteiger partial charge >= 0.3 is 0 Å². The number of carbonyl (C=O) groups excluding carboxylic acids is 1. The first-order valence-corrected chi connectivity index (χ1v) is 7.56. The number of aliphatic hydroxyl groups excluding tert-OH is 1. The second-order valence-electron chi connectivity index (χ2n) is 5.06. The van der Waals surface area contributed by atoms with E-state index >= 15 is 0 Å². The van der Waals surface area contributed by atoms with Gasteiger partial charge in [0.2, 0.25) is 0 Å². The van der Waals surface area contributed by atoms with E-state index in [-0.39, 0.29) is 12.0 Å². The molecule has 0 bridgehead atoms. The highest BCUT2D eigenvalue weighted by Crippen LogP contribution is 2.25. The zero-order valence-electron chi connectivity index (χ0n) is 10.9. The van der Waals surface area contributed by atoms with Gasteiger partial charge in [-0.25, -0.2) is 4.98 Å². The minimum atomic E-state index is -0.207. The van der Waals surface area contributed by atoms with E-state index in [0.717, 1.165) is 19.3 Å². The van der Waals surface area contributed by atoms with Crippen molar-refractivity contribution in [2.75, 3.05) is 6.54 Å². The van der Waals surface area contributed by atoms with Gasteiger partial charge in [-0.2, -0.15) is 0 Å². The van der Waals surface area contributed by atoms with E-state index < -0.39 is 0 Å².